The van der Waals surface area contributed by atoms with Crippen LogP contribution in [0.4, 0.5) is 11.4 Å². The summed E-state index contributed by atoms with van der Waals surface area (Å²) in [4.78, 5) is 23.4. The van der Waals surface area contributed by atoms with Gasteiger partial charge in [-0.05, 0) is 68.3 Å². The minimum Gasteiger partial charge on any atom is -0.506 e. The van der Waals surface area contributed by atoms with E-state index in [4.69, 9.17) is 0 Å². The molecule has 4 rings (SSSR count). The Balaban J connectivity index is 0.000000427. The van der Waals surface area contributed by atoms with E-state index in [0.717, 1.165) is 16.7 Å². The Labute approximate surface area is 224 Å². The molecule has 0 atom stereocenters. The van der Waals surface area contributed by atoms with Gasteiger partial charge in [-0.2, -0.15) is 0 Å². The summed E-state index contributed by atoms with van der Waals surface area (Å²) < 4.78 is 0. The van der Waals surface area contributed by atoms with Gasteiger partial charge >= 0.3 is 0 Å². The van der Waals surface area contributed by atoms with E-state index in [0.29, 0.717) is 23.3 Å². The number of hydrogen-bond donors (Lipinski definition) is 4. The molecule has 0 aliphatic heterocycles. The molecule has 0 saturated heterocycles. The molecule has 0 fully saturated rings. The van der Waals surface area contributed by atoms with Gasteiger partial charge in [-0.15, -0.1) is 0 Å². The lowest BCUT2D eigenvalue weighted by Crippen LogP contribution is -2.20. The highest BCUT2D eigenvalue weighted by atomic mass is 16.3. The third-order valence-electron chi connectivity index (χ3n) is 6.43. The first kappa shape index (κ1) is 28.0. The zero-order valence-corrected chi connectivity index (χ0v) is 22.4. The Morgan fingerprint density at radius 1 is 0.684 bits per heavy atom. The number of carbonyl (C=O) groups excluding carboxylic acids is 2. The molecule has 0 aliphatic rings. The maximum Gasteiger partial charge on any atom is 0.255 e. The van der Waals surface area contributed by atoms with Gasteiger partial charge in [-0.1, -0.05) is 79.1 Å². The molecule has 6 nitrogen and oxygen atoms in total. The van der Waals surface area contributed by atoms with Crippen LogP contribution in [0.3, 0.4) is 0 Å². The second-order valence-electron chi connectivity index (χ2n) is 9.83. The third-order valence-corrected chi connectivity index (χ3v) is 6.43. The van der Waals surface area contributed by atoms with Crippen LogP contribution >= 0.6 is 0 Å². The molecule has 4 N–H and O–H groups in total. The number of aryl methyl sites for hydroxylation is 3. The molecule has 2 amide bonds. The average Bonchev–Trinajstić information content (AvgIpc) is 2.89. The molecule has 0 aromatic heterocycles. The van der Waals surface area contributed by atoms with Crippen molar-refractivity contribution < 1.29 is 19.8 Å². The first-order chi connectivity index (χ1) is 18.0. The Morgan fingerprint density at radius 2 is 1.11 bits per heavy atom. The molecule has 4 aromatic rings. The molecule has 0 radical (unpaired) electrons. The summed E-state index contributed by atoms with van der Waals surface area (Å²) in [5.74, 6) is -0.384. The van der Waals surface area contributed by atoms with E-state index in [1.165, 1.54) is 23.3 Å². The quantitative estimate of drug-likeness (QED) is 0.168. The fourth-order valence-corrected chi connectivity index (χ4v) is 3.83. The first-order valence-corrected chi connectivity index (χ1v) is 12.3. The van der Waals surface area contributed by atoms with Crippen LogP contribution in [0.1, 0.15) is 52.0 Å². The van der Waals surface area contributed by atoms with Crippen molar-refractivity contribution in [1.82, 2.24) is 0 Å². The van der Waals surface area contributed by atoms with E-state index in [1.54, 1.807) is 36.4 Å². The number of anilines is 2. The van der Waals surface area contributed by atoms with E-state index in [-0.39, 0.29) is 17.4 Å². The highest BCUT2D eigenvalue weighted by molar-refractivity contribution is 6.05. The lowest BCUT2D eigenvalue weighted by Gasteiger charge is -2.27. The predicted molar refractivity (Wildman–Crippen MR) is 153 cm³/mol. The van der Waals surface area contributed by atoms with Crippen LogP contribution in [0, 0.1) is 20.8 Å². The Morgan fingerprint density at radius 3 is 1.58 bits per heavy atom. The number of hydrogen-bond acceptors (Lipinski definition) is 4. The van der Waals surface area contributed by atoms with Crippen molar-refractivity contribution in [2.75, 3.05) is 10.6 Å². The molecule has 0 spiro atoms. The number of benzene rings is 4. The Hall–Kier alpha value is -4.58. The number of phenolic OH excluding ortho intramolecular Hbond substituents is 2. The van der Waals surface area contributed by atoms with Crippen LogP contribution < -0.4 is 10.6 Å². The molecule has 6 heteroatoms. The third kappa shape index (κ3) is 7.01. The van der Waals surface area contributed by atoms with Crippen LogP contribution in [0.5, 0.6) is 11.5 Å². The molecule has 0 saturated carbocycles. The maximum absolute atomic E-state index is 12.6. The van der Waals surface area contributed by atoms with Crippen LogP contribution in [-0.2, 0) is 10.2 Å². The van der Waals surface area contributed by atoms with Gasteiger partial charge in [-0.3, -0.25) is 9.59 Å². The van der Waals surface area contributed by atoms with Crippen molar-refractivity contribution in [3.8, 4) is 11.5 Å². The van der Waals surface area contributed by atoms with Gasteiger partial charge in [0.25, 0.3) is 5.91 Å². The lowest BCUT2D eigenvalue weighted by molar-refractivity contribution is -0.105. The molecule has 196 valence electrons. The number of nitrogens with one attached hydrogen (secondary N) is 2. The molecule has 4 aromatic carbocycles. The van der Waals surface area contributed by atoms with Crippen LogP contribution in [0.15, 0.2) is 84.9 Å². The summed E-state index contributed by atoms with van der Waals surface area (Å²) in [6, 6.07) is 25.7. The minimum absolute atomic E-state index is 0.0293. The summed E-state index contributed by atoms with van der Waals surface area (Å²) in [7, 11) is 0. The van der Waals surface area contributed by atoms with Gasteiger partial charge in [-0.25, -0.2) is 0 Å². The van der Waals surface area contributed by atoms with Gasteiger partial charge in [0.1, 0.15) is 11.5 Å². The van der Waals surface area contributed by atoms with Gasteiger partial charge in [0.15, 0.2) is 0 Å². The minimum atomic E-state index is -0.538. The fraction of sp³-hybridized carbons (Fsp3) is 0.188. The molecule has 0 unspecified atom stereocenters. The molecule has 38 heavy (non-hydrogen) atoms. The summed E-state index contributed by atoms with van der Waals surface area (Å²) in [5.41, 5.74) is 5.95. The molecular weight excluding hydrogens is 476 g/mol. The zero-order valence-electron chi connectivity index (χ0n) is 22.4. The van der Waals surface area contributed by atoms with Crippen molar-refractivity contribution in [3.05, 3.63) is 118 Å². The number of carbonyl (C=O) groups is 2. The van der Waals surface area contributed by atoms with Crippen molar-refractivity contribution in [1.29, 1.82) is 0 Å². The van der Waals surface area contributed by atoms with E-state index in [9.17, 15) is 19.8 Å². The summed E-state index contributed by atoms with van der Waals surface area (Å²) in [6.07, 6.45) is 0.505. The van der Waals surface area contributed by atoms with E-state index >= 15 is 0 Å². The highest BCUT2D eigenvalue weighted by Crippen LogP contribution is 2.38. The predicted octanol–water partition coefficient (Wildman–Crippen LogP) is 6.86. The second kappa shape index (κ2) is 12.1. The molecule has 0 aliphatic carbocycles. The normalized spacial score (nSPS) is 10.7. The SMILES string of the molecule is Cc1ccc(C(=O)Nc2cc(C(C)(C)c3ccc(O)c(NC=O)c3)ccc2O)cc1.Cc1ccc(C)cc1. The largest absolute Gasteiger partial charge is 0.506 e. The van der Waals surface area contributed by atoms with E-state index in [1.807, 2.05) is 32.9 Å². The van der Waals surface area contributed by atoms with Gasteiger partial charge < -0.3 is 20.8 Å². The van der Waals surface area contributed by atoms with Gasteiger partial charge in [0.05, 0.1) is 11.4 Å². The lowest BCUT2D eigenvalue weighted by atomic mass is 9.77. The summed E-state index contributed by atoms with van der Waals surface area (Å²) in [5, 5.41) is 25.4. The number of rotatable bonds is 6. The smallest absolute Gasteiger partial charge is 0.255 e. The number of aromatic hydroxyl groups is 2. The summed E-state index contributed by atoms with van der Waals surface area (Å²) >= 11 is 0. The number of amides is 2. The standard InChI is InChI=1S/C24H24N2O4.C8H10/c1-15-4-6-16(7-5-15)23(30)26-20-13-18(9-11-22(20)29)24(2,3)17-8-10-21(28)19(12-17)25-14-27;1-7-3-5-8(2)6-4-7/h4-14,28-29H,1-3H3,(H,25,27)(H,26,30);3-6H,1-2H3. The summed E-state index contributed by atoms with van der Waals surface area (Å²) in [6.45, 7) is 10.1. The maximum atomic E-state index is 12.6. The monoisotopic (exact) mass is 510 g/mol. The van der Waals surface area contributed by atoms with Crippen LogP contribution in [-0.4, -0.2) is 22.5 Å². The van der Waals surface area contributed by atoms with Crippen molar-refractivity contribution in [2.45, 2.75) is 40.0 Å². The molecule has 0 bridgehead atoms. The average molecular weight is 511 g/mol. The zero-order chi connectivity index (χ0) is 27.9. The van der Waals surface area contributed by atoms with Gasteiger partial charge in [0.2, 0.25) is 6.41 Å². The Bertz CT molecular complexity index is 1390. The Kier molecular flexibility index (Phi) is 8.92. The molecule has 0 heterocycles. The van der Waals surface area contributed by atoms with E-state index < -0.39 is 5.41 Å². The van der Waals surface area contributed by atoms with Crippen molar-refractivity contribution >= 4 is 23.7 Å². The van der Waals surface area contributed by atoms with Gasteiger partial charge in [0, 0.05) is 11.0 Å². The molecular formula is C32H34N2O4. The van der Waals surface area contributed by atoms with Crippen molar-refractivity contribution in [2.24, 2.45) is 0 Å². The topological polar surface area (TPSA) is 98.7 Å². The number of phenols is 2. The fourth-order valence-electron chi connectivity index (χ4n) is 3.83. The second-order valence-corrected chi connectivity index (χ2v) is 9.83. The first-order valence-electron chi connectivity index (χ1n) is 12.3. The highest BCUT2D eigenvalue weighted by Gasteiger charge is 2.25. The van der Waals surface area contributed by atoms with Crippen LogP contribution in [0.2, 0.25) is 0 Å². The van der Waals surface area contributed by atoms with E-state index in [2.05, 4.69) is 48.7 Å². The van der Waals surface area contributed by atoms with Crippen LogP contribution in [0.25, 0.3) is 0 Å². The van der Waals surface area contributed by atoms with Crippen molar-refractivity contribution in [3.63, 3.8) is 0 Å².